The Kier molecular flexibility index (Phi) is 5.95. The van der Waals surface area contributed by atoms with Crippen molar-refractivity contribution in [3.8, 4) is 23.0 Å². The van der Waals surface area contributed by atoms with Crippen molar-refractivity contribution in [3.05, 3.63) is 53.1 Å². The van der Waals surface area contributed by atoms with Crippen LogP contribution in [0.4, 0.5) is 8.78 Å². The number of alkyl halides is 2. The summed E-state index contributed by atoms with van der Waals surface area (Å²) in [5, 5.41) is 8.56. The van der Waals surface area contributed by atoms with Crippen LogP contribution in [0.3, 0.4) is 0 Å². The molecular weight excluding hydrogens is 374 g/mol. The highest BCUT2D eigenvalue weighted by Crippen LogP contribution is 2.32. The molecular formula is C19H18F2N2O3S. The number of aromatic nitrogens is 2. The van der Waals surface area contributed by atoms with Gasteiger partial charge in [-0.1, -0.05) is 23.9 Å². The molecule has 0 radical (unpaired) electrons. The number of benzene rings is 2. The summed E-state index contributed by atoms with van der Waals surface area (Å²) in [5.74, 6) is 1.21. The maximum atomic E-state index is 12.4. The van der Waals surface area contributed by atoms with Crippen molar-refractivity contribution in [1.29, 1.82) is 0 Å². The number of ether oxygens (including phenoxy) is 2. The fraction of sp³-hybridized carbons (Fsp3) is 0.263. The molecule has 0 saturated heterocycles. The maximum absolute atomic E-state index is 12.4. The average Bonchev–Trinajstić information content (AvgIpc) is 3.11. The molecule has 1 heterocycles. The number of halogens is 2. The summed E-state index contributed by atoms with van der Waals surface area (Å²) in [7, 11) is 1.40. The van der Waals surface area contributed by atoms with E-state index in [-0.39, 0.29) is 11.5 Å². The molecule has 142 valence electrons. The van der Waals surface area contributed by atoms with E-state index in [0.717, 1.165) is 16.7 Å². The lowest BCUT2D eigenvalue weighted by molar-refractivity contribution is -0.0512. The van der Waals surface area contributed by atoms with E-state index >= 15 is 0 Å². The Morgan fingerprint density at radius 3 is 2.56 bits per heavy atom. The summed E-state index contributed by atoms with van der Waals surface area (Å²) in [5.41, 5.74) is 4.07. The number of methoxy groups -OCH3 is 1. The Labute approximate surface area is 159 Å². The molecule has 0 aliphatic heterocycles. The highest BCUT2D eigenvalue weighted by molar-refractivity contribution is 7.98. The first-order valence-corrected chi connectivity index (χ1v) is 9.10. The van der Waals surface area contributed by atoms with Crippen LogP contribution in [0, 0.1) is 13.8 Å². The van der Waals surface area contributed by atoms with Crippen molar-refractivity contribution in [2.75, 3.05) is 7.11 Å². The number of hydrogen-bond acceptors (Lipinski definition) is 6. The average molecular weight is 392 g/mol. The summed E-state index contributed by atoms with van der Waals surface area (Å²) in [4.78, 5) is 0. The number of rotatable bonds is 7. The minimum atomic E-state index is -2.90. The van der Waals surface area contributed by atoms with Crippen molar-refractivity contribution in [2.45, 2.75) is 31.4 Å². The van der Waals surface area contributed by atoms with Crippen LogP contribution in [0.25, 0.3) is 11.5 Å². The van der Waals surface area contributed by atoms with Crippen LogP contribution in [0.1, 0.15) is 16.7 Å². The third kappa shape index (κ3) is 4.77. The smallest absolute Gasteiger partial charge is 0.387 e. The molecule has 0 atom stereocenters. The quantitative estimate of drug-likeness (QED) is 0.512. The lowest BCUT2D eigenvalue weighted by Gasteiger charge is -2.10. The van der Waals surface area contributed by atoms with E-state index in [0.29, 0.717) is 16.9 Å². The molecule has 27 heavy (non-hydrogen) atoms. The van der Waals surface area contributed by atoms with Gasteiger partial charge in [0.25, 0.3) is 5.22 Å². The Balaban J connectivity index is 1.68. The van der Waals surface area contributed by atoms with E-state index in [2.05, 4.69) is 14.9 Å². The molecule has 8 heteroatoms. The second-order valence-corrected chi connectivity index (χ2v) is 6.75. The number of hydrogen-bond donors (Lipinski definition) is 0. The van der Waals surface area contributed by atoms with Crippen LogP contribution < -0.4 is 9.47 Å². The predicted octanol–water partition coefficient (Wildman–Crippen LogP) is 5.26. The number of thioether (sulfide) groups is 1. The molecule has 0 bridgehead atoms. The first-order chi connectivity index (χ1) is 13.0. The monoisotopic (exact) mass is 392 g/mol. The summed E-state index contributed by atoms with van der Waals surface area (Å²) in [6.07, 6.45) is 0. The molecule has 0 amide bonds. The highest BCUT2D eigenvalue weighted by atomic mass is 32.2. The lowest BCUT2D eigenvalue weighted by atomic mass is 10.1. The van der Waals surface area contributed by atoms with Crippen LogP contribution in [0.2, 0.25) is 0 Å². The Morgan fingerprint density at radius 2 is 1.85 bits per heavy atom. The van der Waals surface area contributed by atoms with Crippen molar-refractivity contribution in [1.82, 2.24) is 10.2 Å². The van der Waals surface area contributed by atoms with Crippen LogP contribution in [-0.4, -0.2) is 23.9 Å². The van der Waals surface area contributed by atoms with Gasteiger partial charge in [-0.15, -0.1) is 10.2 Å². The summed E-state index contributed by atoms with van der Waals surface area (Å²) in [6.45, 7) is 1.17. The van der Waals surface area contributed by atoms with Gasteiger partial charge in [0.2, 0.25) is 5.89 Å². The minimum absolute atomic E-state index is 0.00364. The Morgan fingerprint density at radius 1 is 1.04 bits per heavy atom. The molecule has 0 aliphatic carbocycles. The van der Waals surface area contributed by atoms with Gasteiger partial charge in [0.15, 0.2) is 11.5 Å². The lowest BCUT2D eigenvalue weighted by Crippen LogP contribution is -2.03. The first kappa shape index (κ1) is 19.2. The highest BCUT2D eigenvalue weighted by Gasteiger charge is 2.13. The zero-order valence-electron chi connectivity index (χ0n) is 15.0. The summed E-state index contributed by atoms with van der Waals surface area (Å²) < 4.78 is 40.0. The van der Waals surface area contributed by atoms with E-state index in [1.165, 1.54) is 30.5 Å². The fourth-order valence-electron chi connectivity index (χ4n) is 2.40. The third-order valence-electron chi connectivity index (χ3n) is 3.97. The molecule has 3 rings (SSSR count). The Bertz CT molecular complexity index is 931. The molecule has 1 aromatic heterocycles. The van der Waals surface area contributed by atoms with Gasteiger partial charge < -0.3 is 13.9 Å². The molecule has 0 aliphatic rings. The first-order valence-electron chi connectivity index (χ1n) is 8.12. The van der Waals surface area contributed by atoms with Crippen molar-refractivity contribution < 1.29 is 22.7 Å². The van der Waals surface area contributed by atoms with E-state index in [4.69, 9.17) is 9.15 Å². The van der Waals surface area contributed by atoms with E-state index in [9.17, 15) is 8.78 Å². The SMILES string of the molecule is COc1cc(CSc2nnc(-c3ccc(C)c(C)c3)o2)ccc1OC(F)F. The zero-order chi connectivity index (χ0) is 19.4. The predicted molar refractivity (Wildman–Crippen MR) is 98.4 cm³/mol. The van der Waals surface area contributed by atoms with Gasteiger partial charge in [0.1, 0.15) is 0 Å². The second kappa shape index (κ2) is 8.39. The van der Waals surface area contributed by atoms with Crippen LogP contribution in [-0.2, 0) is 5.75 Å². The van der Waals surface area contributed by atoms with Gasteiger partial charge >= 0.3 is 6.61 Å². The summed E-state index contributed by atoms with van der Waals surface area (Å²) >= 11 is 1.35. The topological polar surface area (TPSA) is 57.4 Å². The van der Waals surface area contributed by atoms with Crippen LogP contribution in [0.15, 0.2) is 46.0 Å². The van der Waals surface area contributed by atoms with Crippen molar-refractivity contribution in [3.63, 3.8) is 0 Å². The number of nitrogens with zero attached hydrogens (tertiary/aromatic N) is 2. The molecule has 0 N–H and O–H groups in total. The summed E-state index contributed by atoms with van der Waals surface area (Å²) in [6, 6.07) is 10.7. The van der Waals surface area contributed by atoms with Gasteiger partial charge in [-0.25, -0.2) is 0 Å². The van der Waals surface area contributed by atoms with Crippen LogP contribution >= 0.6 is 11.8 Å². The van der Waals surface area contributed by atoms with E-state index < -0.39 is 6.61 Å². The van der Waals surface area contributed by atoms with Crippen molar-refractivity contribution >= 4 is 11.8 Å². The van der Waals surface area contributed by atoms with Gasteiger partial charge in [-0.3, -0.25) is 0 Å². The maximum Gasteiger partial charge on any atom is 0.387 e. The minimum Gasteiger partial charge on any atom is -0.493 e. The molecule has 0 unspecified atom stereocenters. The molecule has 0 spiro atoms. The second-order valence-electron chi connectivity index (χ2n) is 5.82. The molecule has 0 fully saturated rings. The van der Waals surface area contributed by atoms with E-state index in [1.54, 1.807) is 12.1 Å². The standard InChI is InChI=1S/C19H18F2N2O3S/c1-11-4-6-14(8-12(11)2)17-22-23-19(26-17)27-10-13-5-7-15(25-18(20)21)16(9-13)24-3/h4-9,18H,10H2,1-3H3. The van der Waals surface area contributed by atoms with Gasteiger partial charge in [0.05, 0.1) is 7.11 Å². The zero-order valence-corrected chi connectivity index (χ0v) is 15.8. The van der Waals surface area contributed by atoms with Gasteiger partial charge in [-0.2, -0.15) is 8.78 Å². The molecule has 2 aromatic carbocycles. The molecule has 0 saturated carbocycles. The third-order valence-corrected chi connectivity index (χ3v) is 4.86. The molecule has 5 nitrogen and oxygen atoms in total. The van der Waals surface area contributed by atoms with Gasteiger partial charge in [0, 0.05) is 11.3 Å². The van der Waals surface area contributed by atoms with E-state index in [1.807, 2.05) is 32.0 Å². The normalized spacial score (nSPS) is 11.0. The Hall–Kier alpha value is -2.61. The van der Waals surface area contributed by atoms with Crippen molar-refractivity contribution in [2.24, 2.45) is 0 Å². The van der Waals surface area contributed by atoms with Gasteiger partial charge in [-0.05, 0) is 54.8 Å². The molecule has 3 aromatic rings. The largest absolute Gasteiger partial charge is 0.493 e. The fourth-order valence-corrected chi connectivity index (χ4v) is 3.11. The number of aryl methyl sites for hydroxylation is 2. The van der Waals surface area contributed by atoms with Crippen LogP contribution in [0.5, 0.6) is 11.5 Å².